The van der Waals surface area contributed by atoms with Crippen LogP contribution in [-0.2, 0) is 0 Å². The van der Waals surface area contributed by atoms with Crippen molar-refractivity contribution in [1.29, 1.82) is 0 Å². The summed E-state index contributed by atoms with van der Waals surface area (Å²) in [5.41, 5.74) is 2.97. The highest BCUT2D eigenvalue weighted by Crippen LogP contribution is 2.58. The Bertz CT molecular complexity index is 3710. The second-order valence-electron chi connectivity index (χ2n) is 15.5. The van der Waals surface area contributed by atoms with E-state index in [2.05, 4.69) is 0 Å². The first kappa shape index (κ1) is 39.2. The molecule has 0 aliphatic heterocycles. The van der Waals surface area contributed by atoms with E-state index in [1.807, 2.05) is 97.1 Å². The maximum Gasteiger partial charge on any atom is 0.208 e. The van der Waals surface area contributed by atoms with Gasteiger partial charge in [-0.05, 0) is 41.5 Å². The van der Waals surface area contributed by atoms with E-state index in [0.29, 0.717) is 72.4 Å². The predicted octanol–water partition coefficient (Wildman–Crippen LogP) is 10.3. The van der Waals surface area contributed by atoms with Gasteiger partial charge in [0.2, 0.25) is 34.5 Å². The van der Waals surface area contributed by atoms with Crippen molar-refractivity contribution in [2.75, 3.05) is 0 Å². The molecule has 3 heterocycles. The molecule has 8 aromatic carbocycles. The minimum Gasteiger partial charge on any atom is -0.504 e. The van der Waals surface area contributed by atoms with Crippen LogP contribution in [0.1, 0.15) is 0 Å². The maximum absolute atomic E-state index is 11.3. The molecule has 11 aromatic rings. The molecule has 0 radical (unpaired) electrons. The highest BCUT2D eigenvalue weighted by molar-refractivity contribution is 6.20. The molecule has 0 aliphatic rings. The smallest absolute Gasteiger partial charge is 0.208 e. The SMILES string of the molecule is Oc1c(O)c(O)c(-c2ccc3c4c(-c5c(O)c(O)c(O)c(O)c5O)cccc4n(-c4c(-c5nc(-c6ccccc6)nc(-c6ccccc6)n5)ccc5c4oc4ccccc45)c3c2)c(O)c1O. The van der Waals surface area contributed by atoms with E-state index in [4.69, 9.17) is 19.4 Å². The van der Waals surface area contributed by atoms with Gasteiger partial charge in [-0.15, -0.1) is 0 Å². The number of aromatic hydroxyl groups is 10. The van der Waals surface area contributed by atoms with Crippen LogP contribution in [-0.4, -0.2) is 70.6 Å². The molecule has 15 nitrogen and oxygen atoms in total. The molecular weight excluding hydrogens is 845 g/mol. The average Bonchev–Trinajstić information content (AvgIpc) is 3.90. The monoisotopic (exact) mass is 876 g/mol. The molecular formula is C51H32N4O11. The Morgan fingerprint density at radius 3 is 1.48 bits per heavy atom. The van der Waals surface area contributed by atoms with Gasteiger partial charge in [-0.3, -0.25) is 0 Å². The third kappa shape index (κ3) is 5.66. The number of para-hydroxylation sites is 1. The average molecular weight is 877 g/mol. The topological polar surface area (TPSA) is 259 Å². The van der Waals surface area contributed by atoms with Crippen LogP contribution in [0.2, 0.25) is 0 Å². The number of benzene rings is 8. The van der Waals surface area contributed by atoms with E-state index in [9.17, 15) is 51.1 Å². The van der Waals surface area contributed by atoms with Crippen LogP contribution in [0.15, 0.2) is 138 Å². The fourth-order valence-electron chi connectivity index (χ4n) is 8.68. The van der Waals surface area contributed by atoms with Gasteiger partial charge in [0.25, 0.3) is 0 Å². The number of furan rings is 1. The molecule has 66 heavy (non-hydrogen) atoms. The lowest BCUT2D eigenvalue weighted by Gasteiger charge is -2.16. The number of hydrogen-bond acceptors (Lipinski definition) is 14. The van der Waals surface area contributed by atoms with Crippen molar-refractivity contribution in [3.05, 3.63) is 133 Å². The Hall–Kier alpha value is -9.63. The number of rotatable bonds is 6. The van der Waals surface area contributed by atoms with Crippen molar-refractivity contribution in [3.63, 3.8) is 0 Å². The van der Waals surface area contributed by atoms with Crippen LogP contribution < -0.4 is 0 Å². The van der Waals surface area contributed by atoms with Gasteiger partial charge in [0.1, 0.15) is 11.3 Å². The summed E-state index contributed by atoms with van der Waals surface area (Å²) in [7, 11) is 0. The zero-order chi connectivity index (χ0) is 45.7. The van der Waals surface area contributed by atoms with E-state index in [0.717, 1.165) is 5.39 Å². The Morgan fingerprint density at radius 1 is 0.364 bits per heavy atom. The van der Waals surface area contributed by atoms with E-state index < -0.39 is 68.6 Å². The summed E-state index contributed by atoms with van der Waals surface area (Å²) < 4.78 is 8.52. The highest BCUT2D eigenvalue weighted by atomic mass is 16.4. The Kier molecular flexibility index (Phi) is 8.60. The highest BCUT2D eigenvalue weighted by Gasteiger charge is 2.31. The van der Waals surface area contributed by atoms with Gasteiger partial charge in [0.15, 0.2) is 46.1 Å². The number of aromatic nitrogens is 4. The van der Waals surface area contributed by atoms with Crippen LogP contribution in [0, 0.1) is 0 Å². The van der Waals surface area contributed by atoms with Crippen LogP contribution in [0.25, 0.3) is 106 Å². The Morgan fingerprint density at radius 2 is 0.879 bits per heavy atom. The van der Waals surface area contributed by atoms with E-state index >= 15 is 0 Å². The van der Waals surface area contributed by atoms with E-state index in [1.165, 1.54) is 18.2 Å². The van der Waals surface area contributed by atoms with E-state index in [1.54, 1.807) is 22.8 Å². The lowest BCUT2D eigenvalue weighted by atomic mass is 9.95. The minimum absolute atomic E-state index is 0.0375. The van der Waals surface area contributed by atoms with Gasteiger partial charge in [-0.2, -0.15) is 0 Å². The summed E-state index contributed by atoms with van der Waals surface area (Å²) in [5, 5.41) is 111. The quantitative estimate of drug-likeness (QED) is 0.0551. The van der Waals surface area contributed by atoms with Gasteiger partial charge >= 0.3 is 0 Å². The molecule has 0 bridgehead atoms. The molecule has 0 unspecified atom stereocenters. The van der Waals surface area contributed by atoms with Crippen LogP contribution in [0.5, 0.6) is 57.5 Å². The first-order valence-corrected chi connectivity index (χ1v) is 20.2. The first-order valence-electron chi connectivity index (χ1n) is 20.2. The van der Waals surface area contributed by atoms with Crippen LogP contribution >= 0.6 is 0 Å². The Labute approximate surface area is 370 Å². The molecule has 0 fully saturated rings. The fourth-order valence-corrected chi connectivity index (χ4v) is 8.68. The lowest BCUT2D eigenvalue weighted by Crippen LogP contribution is -2.04. The number of phenols is 10. The molecule has 3 aromatic heterocycles. The summed E-state index contributed by atoms with van der Waals surface area (Å²) in [6, 6.07) is 39.3. The fraction of sp³-hybridized carbons (Fsp3) is 0. The summed E-state index contributed by atoms with van der Waals surface area (Å²) in [4.78, 5) is 15.0. The predicted molar refractivity (Wildman–Crippen MR) is 245 cm³/mol. The van der Waals surface area contributed by atoms with Crippen molar-refractivity contribution in [1.82, 2.24) is 19.5 Å². The number of phenolic OH excluding ortho intramolecular Hbond substituents is 10. The van der Waals surface area contributed by atoms with Crippen molar-refractivity contribution in [2.45, 2.75) is 0 Å². The number of hydrogen-bond donors (Lipinski definition) is 10. The summed E-state index contributed by atoms with van der Waals surface area (Å²) >= 11 is 0. The summed E-state index contributed by atoms with van der Waals surface area (Å²) in [5.74, 6) is -9.47. The summed E-state index contributed by atoms with van der Waals surface area (Å²) in [6.07, 6.45) is 0. The Balaban J connectivity index is 1.33. The lowest BCUT2D eigenvalue weighted by molar-refractivity contribution is 0.330. The van der Waals surface area contributed by atoms with Gasteiger partial charge < -0.3 is 60.0 Å². The number of nitrogens with zero attached hydrogens (tertiary/aromatic N) is 4. The van der Waals surface area contributed by atoms with Gasteiger partial charge in [-0.25, -0.2) is 15.0 Å². The molecule has 0 atom stereocenters. The molecule has 0 spiro atoms. The molecule has 322 valence electrons. The third-order valence-electron chi connectivity index (χ3n) is 11.8. The number of fused-ring (bicyclic) bond motifs is 6. The van der Waals surface area contributed by atoms with Crippen molar-refractivity contribution in [2.24, 2.45) is 0 Å². The largest absolute Gasteiger partial charge is 0.504 e. The second-order valence-corrected chi connectivity index (χ2v) is 15.5. The third-order valence-corrected chi connectivity index (χ3v) is 11.8. The molecule has 11 rings (SSSR count). The molecule has 0 aliphatic carbocycles. The standard InChI is InChI=1S/C51H32N4O11/c56-38-34(39(57)43(61)46(64)42(38)60)25-18-19-28-32(22-25)55(31-16-9-15-29(35(28)31)36-40(58)44(62)47(65)45(63)41(36)59)37-30(21-20-27-26-14-7-8-17-33(26)66-48(27)37)51-53-49(23-10-3-1-4-11-23)52-50(54-51)24-12-5-2-6-13-24/h1-22,56-65H. The van der Waals surface area contributed by atoms with Crippen molar-refractivity contribution >= 4 is 43.7 Å². The molecule has 10 N–H and O–H groups in total. The van der Waals surface area contributed by atoms with E-state index in [-0.39, 0.29) is 17.0 Å². The van der Waals surface area contributed by atoms with Crippen LogP contribution in [0.4, 0.5) is 0 Å². The zero-order valence-corrected chi connectivity index (χ0v) is 33.9. The minimum atomic E-state index is -1.14. The first-order chi connectivity index (χ1) is 31.9. The zero-order valence-electron chi connectivity index (χ0n) is 33.9. The maximum atomic E-state index is 11.3. The van der Waals surface area contributed by atoms with Crippen LogP contribution in [0.3, 0.4) is 0 Å². The second kappa shape index (κ2) is 14.5. The molecule has 0 saturated carbocycles. The van der Waals surface area contributed by atoms with Gasteiger partial charge in [0.05, 0.1) is 22.2 Å². The molecule has 0 saturated heterocycles. The van der Waals surface area contributed by atoms with Gasteiger partial charge in [0, 0.05) is 38.2 Å². The van der Waals surface area contributed by atoms with Gasteiger partial charge in [-0.1, -0.05) is 103 Å². The van der Waals surface area contributed by atoms with Crippen molar-refractivity contribution in [3.8, 4) is 120 Å². The normalized spacial score (nSPS) is 11.6. The summed E-state index contributed by atoms with van der Waals surface area (Å²) in [6.45, 7) is 0. The molecule has 0 amide bonds. The van der Waals surface area contributed by atoms with Crippen molar-refractivity contribution < 1.29 is 55.5 Å². The molecule has 15 heteroatoms.